The van der Waals surface area contributed by atoms with Gasteiger partial charge in [0.05, 0.1) is 5.56 Å². The van der Waals surface area contributed by atoms with E-state index in [-0.39, 0.29) is 0 Å². The molecule has 2 N–H and O–H groups in total. The van der Waals surface area contributed by atoms with Gasteiger partial charge in [-0.2, -0.15) is 0 Å². The van der Waals surface area contributed by atoms with E-state index in [4.69, 9.17) is 0 Å². The van der Waals surface area contributed by atoms with Crippen LogP contribution in [0.1, 0.15) is 35.7 Å². The molecular weight excluding hydrogens is 240 g/mol. The Morgan fingerprint density at radius 3 is 2.84 bits per heavy atom. The summed E-state index contributed by atoms with van der Waals surface area (Å²) >= 11 is 0. The summed E-state index contributed by atoms with van der Waals surface area (Å²) in [6.45, 7) is 5.24. The lowest BCUT2D eigenvalue weighted by atomic mass is 9.98. The average molecular weight is 262 g/mol. The number of carbonyl (C=O) groups is 1. The predicted octanol–water partition coefficient (Wildman–Crippen LogP) is 2.59. The molecular formula is C15H22N2O2. The number of nitrogens with one attached hydrogen (secondary N) is 1. The number of hydrogen-bond acceptors (Lipinski definition) is 3. The molecule has 0 aliphatic carbocycles. The molecule has 4 nitrogen and oxygen atoms in total. The number of aromatic carboxylic acids is 1. The van der Waals surface area contributed by atoms with Crippen LogP contribution < -0.4 is 5.32 Å². The van der Waals surface area contributed by atoms with Gasteiger partial charge >= 0.3 is 5.97 Å². The molecule has 0 bridgehead atoms. The van der Waals surface area contributed by atoms with Crippen molar-refractivity contribution in [2.24, 2.45) is 0 Å². The maximum absolute atomic E-state index is 11.2. The molecule has 0 radical (unpaired) electrons. The van der Waals surface area contributed by atoms with E-state index in [1.165, 1.54) is 0 Å². The van der Waals surface area contributed by atoms with Gasteiger partial charge in [-0.3, -0.25) is 0 Å². The lowest BCUT2D eigenvalue weighted by Crippen LogP contribution is -2.42. The summed E-state index contributed by atoms with van der Waals surface area (Å²) in [6, 6.07) is 6.33. The molecule has 1 aromatic rings. The fourth-order valence-corrected chi connectivity index (χ4v) is 2.60. The summed E-state index contributed by atoms with van der Waals surface area (Å²) in [4.78, 5) is 13.6. The Labute approximate surface area is 114 Å². The van der Waals surface area contributed by atoms with Crippen molar-refractivity contribution in [1.82, 2.24) is 4.90 Å². The Hall–Kier alpha value is -1.55. The molecule has 2 rings (SSSR count). The largest absolute Gasteiger partial charge is 0.478 e. The maximum atomic E-state index is 11.2. The third-order valence-corrected chi connectivity index (χ3v) is 3.97. The lowest BCUT2D eigenvalue weighted by Gasteiger charge is -2.36. The monoisotopic (exact) mass is 262 g/mol. The Morgan fingerprint density at radius 2 is 2.21 bits per heavy atom. The van der Waals surface area contributed by atoms with Crippen LogP contribution in [0, 0.1) is 6.92 Å². The second-order valence-electron chi connectivity index (χ2n) is 5.55. The van der Waals surface area contributed by atoms with Crippen LogP contribution in [0.3, 0.4) is 0 Å². The highest BCUT2D eigenvalue weighted by Gasteiger charge is 2.23. The number of anilines is 1. The van der Waals surface area contributed by atoms with Crippen LogP contribution in [0.25, 0.3) is 0 Å². The van der Waals surface area contributed by atoms with E-state index in [1.807, 2.05) is 19.1 Å². The summed E-state index contributed by atoms with van der Waals surface area (Å²) < 4.78 is 0. The van der Waals surface area contributed by atoms with Gasteiger partial charge in [-0.15, -0.1) is 0 Å². The zero-order valence-corrected chi connectivity index (χ0v) is 11.8. The molecule has 1 aliphatic rings. The molecule has 1 aliphatic heterocycles. The van der Waals surface area contributed by atoms with Crippen LogP contribution in [-0.4, -0.2) is 41.7 Å². The molecule has 2 atom stereocenters. The van der Waals surface area contributed by atoms with Crippen LogP contribution in [0.5, 0.6) is 0 Å². The third kappa shape index (κ3) is 3.26. The highest BCUT2D eigenvalue weighted by molar-refractivity contribution is 5.94. The minimum absolute atomic E-state index is 0.353. The van der Waals surface area contributed by atoms with Gasteiger partial charge < -0.3 is 15.3 Å². The summed E-state index contributed by atoms with van der Waals surface area (Å²) in [7, 11) is 2.14. The summed E-state index contributed by atoms with van der Waals surface area (Å²) in [5.41, 5.74) is 2.18. The van der Waals surface area contributed by atoms with Gasteiger partial charge in [0.1, 0.15) is 0 Å². The number of rotatable bonds is 3. The summed E-state index contributed by atoms with van der Waals surface area (Å²) in [5.74, 6) is -0.872. The molecule has 0 saturated carbocycles. The molecule has 1 heterocycles. The standard InChI is InChI=1S/C15H22N2O2/c1-10-4-5-13(15(18)19)14(8-10)16-12-6-7-17(3)11(2)9-12/h4-5,8,11-12,16H,6-7,9H2,1-3H3,(H,18,19). The van der Waals surface area contributed by atoms with Crippen molar-refractivity contribution < 1.29 is 9.90 Å². The predicted molar refractivity (Wildman–Crippen MR) is 76.9 cm³/mol. The van der Waals surface area contributed by atoms with E-state index in [9.17, 15) is 9.90 Å². The summed E-state index contributed by atoms with van der Waals surface area (Å²) in [6.07, 6.45) is 2.09. The van der Waals surface area contributed by atoms with E-state index in [0.717, 1.165) is 30.6 Å². The highest BCUT2D eigenvalue weighted by atomic mass is 16.4. The first-order valence-corrected chi connectivity index (χ1v) is 6.78. The quantitative estimate of drug-likeness (QED) is 0.879. The smallest absolute Gasteiger partial charge is 0.337 e. The minimum atomic E-state index is -0.872. The van der Waals surface area contributed by atoms with Gasteiger partial charge in [0.15, 0.2) is 0 Å². The molecule has 0 spiro atoms. The zero-order valence-electron chi connectivity index (χ0n) is 11.8. The van der Waals surface area contributed by atoms with Crippen LogP contribution >= 0.6 is 0 Å². The van der Waals surface area contributed by atoms with Crippen molar-refractivity contribution >= 4 is 11.7 Å². The SMILES string of the molecule is Cc1ccc(C(=O)O)c(NC2CCN(C)C(C)C2)c1. The van der Waals surface area contributed by atoms with Crippen LogP contribution in [0.15, 0.2) is 18.2 Å². The molecule has 0 amide bonds. The van der Waals surface area contributed by atoms with Crippen molar-refractivity contribution in [2.75, 3.05) is 18.9 Å². The molecule has 19 heavy (non-hydrogen) atoms. The van der Waals surface area contributed by atoms with Gasteiger partial charge in [-0.25, -0.2) is 4.79 Å². The van der Waals surface area contributed by atoms with E-state index in [2.05, 4.69) is 24.2 Å². The lowest BCUT2D eigenvalue weighted by molar-refractivity contribution is 0.0698. The fraction of sp³-hybridized carbons (Fsp3) is 0.533. The molecule has 0 aromatic heterocycles. The van der Waals surface area contributed by atoms with Crippen molar-refractivity contribution in [3.8, 4) is 0 Å². The van der Waals surface area contributed by atoms with Crippen LogP contribution in [0.4, 0.5) is 5.69 Å². The van der Waals surface area contributed by atoms with Gasteiger partial charge in [-0.05, 0) is 51.4 Å². The number of piperidine rings is 1. The topological polar surface area (TPSA) is 52.6 Å². The molecule has 1 aromatic carbocycles. The third-order valence-electron chi connectivity index (χ3n) is 3.97. The number of aryl methyl sites for hydroxylation is 1. The number of hydrogen-bond donors (Lipinski definition) is 2. The average Bonchev–Trinajstić information content (AvgIpc) is 2.33. The Morgan fingerprint density at radius 1 is 1.47 bits per heavy atom. The highest BCUT2D eigenvalue weighted by Crippen LogP contribution is 2.23. The van der Waals surface area contributed by atoms with E-state index in [0.29, 0.717) is 17.6 Å². The number of likely N-dealkylation sites (tertiary alicyclic amines) is 1. The summed E-state index contributed by atoms with van der Waals surface area (Å²) in [5, 5.41) is 12.6. The second kappa shape index (κ2) is 5.61. The van der Waals surface area contributed by atoms with Gasteiger partial charge in [0.2, 0.25) is 0 Å². The second-order valence-corrected chi connectivity index (χ2v) is 5.55. The normalized spacial score (nSPS) is 24.2. The van der Waals surface area contributed by atoms with Crippen molar-refractivity contribution in [2.45, 2.75) is 38.8 Å². The van der Waals surface area contributed by atoms with Crippen LogP contribution in [0.2, 0.25) is 0 Å². The molecule has 2 unspecified atom stereocenters. The van der Waals surface area contributed by atoms with Crippen molar-refractivity contribution in [3.63, 3.8) is 0 Å². The first-order chi connectivity index (χ1) is 8.97. The Bertz CT molecular complexity index is 473. The number of carboxylic acid groups (broad SMARTS) is 1. The molecule has 1 saturated heterocycles. The van der Waals surface area contributed by atoms with E-state index >= 15 is 0 Å². The Balaban J connectivity index is 2.14. The van der Waals surface area contributed by atoms with Crippen molar-refractivity contribution in [1.29, 1.82) is 0 Å². The van der Waals surface area contributed by atoms with Crippen molar-refractivity contribution in [3.05, 3.63) is 29.3 Å². The number of benzene rings is 1. The first-order valence-electron chi connectivity index (χ1n) is 6.78. The minimum Gasteiger partial charge on any atom is -0.478 e. The van der Waals surface area contributed by atoms with E-state index < -0.39 is 5.97 Å². The Kier molecular flexibility index (Phi) is 4.10. The fourth-order valence-electron chi connectivity index (χ4n) is 2.60. The number of carboxylic acids is 1. The van der Waals surface area contributed by atoms with Gasteiger partial charge in [0.25, 0.3) is 0 Å². The van der Waals surface area contributed by atoms with E-state index in [1.54, 1.807) is 6.07 Å². The maximum Gasteiger partial charge on any atom is 0.337 e. The molecule has 104 valence electrons. The molecule has 4 heteroatoms. The van der Waals surface area contributed by atoms with Gasteiger partial charge in [-0.1, -0.05) is 6.07 Å². The molecule has 1 fully saturated rings. The number of nitrogens with zero attached hydrogens (tertiary/aromatic N) is 1. The van der Waals surface area contributed by atoms with Crippen LogP contribution in [-0.2, 0) is 0 Å². The van der Waals surface area contributed by atoms with Gasteiger partial charge in [0, 0.05) is 24.3 Å². The zero-order chi connectivity index (χ0) is 14.0. The first kappa shape index (κ1) is 13.9.